The number of hydrogen-bond donors (Lipinski definition) is 2. The highest BCUT2D eigenvalue weighted by Crippen LogP contribution is 2.15. The topological polar surface area (TPSA) is 104 Å². The molecule has 0 atom stereocenters. The highest BCUT2D eigenvalue weighted by molar-refractivity contribution is 7.89. The molecule has 21 heavy (non-hydrogen) atoms. The van der Waals surface area contributed by atoms with Crippen LogP contribution in [0.5, 0.6) is 0 Å². The van der Waals surface area contributed by atoms with Crippen molar-refractivity contribution in [3.05, 3.63) is 29.8 Å². The molecule has 1 aromatic carbocycles. The Hall–Kier alpha value is -1.93. The van der Waals surface area contributed by atoms with Crippen LogP contribution in [0.25, 0.3) is 0 Å². The first-order chi connectivity index (χ1) is 9.48. The molecule has 1 amide bonds. The molecular formula is C13H18N2O5S. The van der Waals surface area contributed by atoms with E-state index in [1.807, 2.05) is 0 Å². The molecule has 0 aliphatic heterocycles. The van der Waals surface area contributed by atoms with Gasteiger partial charge in [0.1, 0.15) is 5.54 Å². The van der Waals surface area contributed by atoms with Gasteiger partial charge < -0.3 is 10.4 Å². The van der Waals surface area contributed by atoms with Crippen molar-refractivity contribution >= 4 is 21.9 Å². The van der Waals surface area contributed by atoms with Gasteiger partial charge in [-0.2, -0.15) is 0 Å². The zero-order valence-electron chi connectivity index (χ0n) is 12.2. The van der Waals surface area contributed by atoms with Gasteiger partial charge in [-0.15, -0.1) is 0 Å². The maximum Gasteiger partial charge on any atom is 0.328 e. The minimum atomic E-state index is -3.66. The number of hydrogen-bond acceptors (Lipinski definition) is 4. The smallest absolute Gasteiger partial charge is 0.328 e. The van der Waals surface area contributed by atoms with Crippen LogP contribution in [0.4, 0.5) is 0 Å². The van der Waals surface area contributed by atoms with E-state index in [-0.39, 0.29) is 10.5 Å². The van der Waals surface area contributed by atoms with E-state index in [0.29, 0.717) is 0 Å². The van der Waals surface area contributed by atoms with Crippen LogP contribution in [0.15, 0.2) is 29.2 Å². The summed E-state index contributed by atoms with van der Waals surface area (Å²) in [5.41, 5.74) is -1.37. The van der Waals surface area contributed by atoms with Crippen molar-refractivity contribution in [2.24, 2.45) is 0 Å². The Balaban J connectivity index is 3.12. The summed E-state index contributed by atoms with van der Waals surface area (Å²) in [4.78, 5) is 23.0. The molecule has 0 heterocycles. The molecule has 0 aromatic heterocycles. The molecule has 0 bridgehead atoms. The Morgan fingerprint density at radius 1 is 1.24 bits per heavy atom. The van der Waals surface area contributed by atoms with E-state index in [4.69, 9.17) is 5.11 Å². The largest absolute Gasteiger partial charge is 0.480 e. The third-order valence-corrected chi connectivity index (χ3v) is 4.65. The molecule has 0 fully saturated rings. The third kappa shape index (κ3) is 3.79. The number of nitrogens with zero attached hydrogens (tertiary/aromatic N) is 1. The number of carbonyl (C=O) groups is 2. The van der Waals surface area contributed by atoms with Gasteiger partial charge in [0.05, 0.1) is 4.90 Å². The number of rotatable bonds is 5. The third-order valence-electron chi connectivity index (χ3n) is 2.84. The van der Waals surface area contributed by atoms with Crippen molar-refractivity contribution in [3.63, 3.8) is 0 Å². The van der Waals surface area contributed by atoms with Gasteiger partial charge in [-0.05, 0) is 32.0 Å². The zero-order valence-corrected chi connectivity index (χ0v) is 13.1. The summed E-state index contributed by atoms with van der Waals surface area (Å²) in [7, 11) is -0.887. The summed E-state index contributed by atoms with van der Waals surface area (Å²) in [5.74, 6) is -1.84. The lowest BCUT2D eigenvalue weighted by Crippen LogP contribution is -2.49. The van der Waals surface area contributed by atoms with Gasteiger partial charge in [0.2, 0.25) is 10.0 Å². The lowest BCUT2D eigenvalue weighted by molar-refractivity contribution is -0.143. The predicted octanol–water partition coefficient (Wildman–Crippen LogP) is 0.530. The van der Waals surface area contributed by atoms with Gasteiger partial charge in [0.15, 0.2) is 0 Å². The molecule has 0 unspecified atom stereocenters. The summed E-state index contributed by atoms with van der Waals surface area (Å²) < 4.78 is 25.0. The van der Waals surface area contributed by atoms with Crippen molar-refractivity contribution in [1.29, 1.82) is 0 Å². The molecule has 0 aliphatic carbocycles. The number of nitrogens with one attached hydrogen (secondary N) is 1. The van der Waals surface area contributed by atoms with Crippen LogP contribution in [-0.4, -0.2) is 49.3 Å². The van der Waals surface area contributed by atoms with Crippen LogP contribution in [0.2, 0.25) is 0 Å². The Bertz CT molecular complexity index is 665. The summed E-state index contributed by atoms with van der Waals surface area (Å²) in [6.45, 7) is 2.68. The Labute approximate surface area is 123 Å². The highest BCUT2D eigenvalue weighted by Gasteiger charge is 2.29. The van der Waals surface area contributed by atoms with Gasteiger partial charge >= 0.3 is 5.97 Å². The average Bonchev–Trinajstić information content (AvgIpc) is 2.38. The zero-order chi connectivity index (χ0) is 16.4. The van der Waals surface area contributed by atoms with E-state index >= 15 is 0 Å². The standard InChI is InChI=1S/C13H18N2O5S/c1-13(2,12(17)18)14-11(16)9-6-5-7-10(8-9)21(19,20)15(3)4/h5-8H,1-4H3,(H,14,16)(H,17,18). The Kier molecular flexibility index (Phi) is 4.75. The molecule has 1 aromatic rings. The molecule has 0 saturated carbocycles. The highest BCUT2D eigenvalue weighted by atomic mass is 32.2. The molecule has 8 heteroatoms. The van der Waals surface area contributed by atoms with Crippen LogP contribution >= 0.6 is 0 Å². The second-order valence-corrected chi connectivity index (χ2v) is 7.35. The first-order valence-corrected chi connectivity index (χ1v) is 7.51. The second kappa shape index (κ2) is 5.82. The van der Waals surface area contributed by atoms with E-state index in [1.165, 1.54) is 52.2 Å². The normalized spacial score (nSPS) is 12.2. The number of aliphatic carboxylic acids is 1. The lowest BCUT2D eigenvalue weighted by atomic mass is 10.1. The predicted molar refractivity (Wildman–Crippen MR) is 76.5 cm³/mol. The molecule has 0 saturated heterocycles. The van der Waals surface area contributed by atoms with Crippen LogP contribution in [0.3, 0.4) is 0 Å². The van der Waals surface area contributed by atoms with E-state index in [0.717, 1.165) is 4.31 Å². The average molecular weight is 314 g/mol. The fourth-order valence-corrected chi connectivity index (χ4v) is 2.37. The SMILES string of the molecule is CN(C)S(=O)(=O)c1cccc(C(=O)NC(C)(C)C(=O)O)c1. The van der Waals surface area contributed by atoms with Crippen LogP contribution in [0.1, 0.15) is 24.2 Å². The minimum absolute atomic E-state index is 0.0340. The fourth-order valence-electron chi connectivity index (χ4n) is 1.42. The fraction of sp³-hybridized carbons (Fsp3) is 0.385. The van der Waals surface area contributed by atoms with E-state index in [9.17, 15) is 18.0 Å². The quantitative estimate of drug-likeness (QED) is 0.825. The van der Waals surface area contributed by atoms with Crippen molar-refractivity contribution in [2.45, 2.75) is 24.3 Å². The molecule has 7 nitrogen and oxygen atoms in total. The van der Waals surface area contributed by atoms with Crippen LogP contribution in [-0.2, 0) is 14.8 Å². The van der Waals surface area contributed by atoms with Gasteiger partial charge in [-0.1, -0.05) is 6.07 Å². The monoisotopic (exact) mass is 314 g/mol. The second-order valence-electron chi connectivity index (χ2n) is 5.20. The molecule has 2 N–H and O–H groups in total. The lowest BCUT2D eigenvalue weighted by Gasteiger charge is -2.21. The van der Waals surface area contributed by atoms with Crippen molar-refractivity contribution in [1.82, 2.24) is 9.62 Å². The van der Waals surface area contributed by atoms with Gasteiger partial charge in [-0.3, -0.25) is 4.79 Å². The van der Waals surface area contributed by atoms with Crippen molar-refractivity contribution < 1.29 is 23.1 Å². The molecule has 0 spiro atoms. The van der Waals surface area contributed by atoms with Gasteiger partial charge in [-0.25, -0.2) is 17.5 Å². The molecule has 0 radical (unpaired) electrons. The summed E-state index contributed by atoms with van der Waals surface area (Å²) in [6, 6.07) is 5.43. The number of amides is 1. The van der Waals surface area contributed by atoms with Crippen LogP contribution in [0, 0.1) is 0 Å². The van der Waals surface area contributed by atoms with Crippen molar-refractivity contribution in [3.8, 4) is 0 Å². The molecule has 0 aliphatic rings. The number of carbonyl (C=O) groups excluding carboxylic acids is 1. The summed E-state index contributed by atoms with van der Waals surface area (Å²) >= 11 is 0. The first kappa shape index (κ1) is 17.1. The number of carboxylic acid groups (broad SMARTS) is 1. The Morgan fingerprint density at radius 3 is 2.29 bits per heavy atom. The molecule has 1 rings (SSSR count). The van der Waals surface area contributed by atoms with E-state index in [2.05, 4.69) is 5.32 Å². The Morgan fingerprint density at radius 2 is 1.81 bits per heavy atom. The first-order valence-electron chi connectivity index (χ1n) is 6.07. The number of carboxylic acids is 1. The van der Waals surface area contributed by atoms with Crippen LogP contribution < -0.4 is 5.32 Å². The minimum Gasteiger partial charge on any atom is -0.480 e. The van der Waals surface area contributed by atoms with Crippen molar-refractivity contribution in [2.75, 3.05) is 14.1 Å². The molecule has 116 valence electrons. The molecular weight excluding hydrogens is 296 g/mol. The summed E-state index contributed by atoms with van der Waals surface area (Å²) in [5, 5.41) is 11.3. The van der Waals surface area contributed by atoms with Gasteiger partial charge in [0.25, 0.3) is 5.91 Å². The van der Waals surface area contributed by atoms with Gasteiger partial charge in [0, 0.05) is 19.7 Å². The maximum absolute atomic E-state index is 12.0. The van der Waals surface area contributed by atoms with E-state index < -0.39 is 27.4 Å². The number of sulfonamides is 1. The number of benzene rings is 1. The summed E-state index contributed by atoms with van der Waals surface area (Å²) in [6.07, 6.45) is 0. The maximum atomic E-state index is 12.0. The van der Waals surface area contributed by atoms with E-state index in [1.54, 1.807) is 0 Å².